The van der Waals surface area contributed by atoms with Gasteiger partial charge in [-0.2, -0.15) is 0 Å². The molecule has 2 bridgehead atoms. The van der Waals surface area contributed by atoms with Crippen LogP contribution in [0.3, 0.4) is 0 Å². The van der Waals surface area contributed by atoms with Gasteiger partial charge in [0.2, 0.25) is 5.91 Å². The van der Waals surface area contributed by atoms with Gasteiger partial charge in [-0.3, -0.25) is 9.59 Å². The van der Waals surface area contributed by atoms with E-state index in [2.05, 4.69) is 59.3 Å². The number of fused-ring (bicyclic) bond motifs is 1. The van der Waals surface area contributed by atoms with Crippen molar-refractivity contribution in [3.05, 3.63) is 89.5 Å². The van der Waals surface area contributed by atoms with Gasteiger partial charge in [0.05, 0.1) is 18.4 Å². The normalized spacial score (nSPS) is 40.8. The van der Waals surface area contributed by atoms with Gasteiger partial charge in [0.25, 0.3) is 0 Å². The first kappa shape index (κ1) is 33.4. The molecule has 1 unspecified atom stereocenters. The van der Waals surface area contributed by atoms with Crippen LogP contribution in [0.1, 0.15) is 82.0 Å². The van der Waals surface area contributed by atoms with E-state index in [1.807, 2.05) is 18.2 Å². The van der Waals surface area contributed by atoms with Crippen molar-refractivity contribution in [3.8, 4) is 0 Å². The first-order valence-electron chi connectivity index (χ1n) is 19.0. The van der Waals surface area contributed by atoms with Crippen LogP contribution in [-0.4, -0.2) is 70.4 Å². The van der Waals surface area contributed by atoms with Crippen molar-refractivity contribution in [1.29, 1.82) is 0 Å². The maximum atomic E-state index is 14.6. The van der Waals surface area contributed by atoms with E-state index in [0.29, 0.717) is 64.0 Å². The largest absolute Gasteiger partial charge is 0.393 e. The average Bonchev–Trinajstić information content (AvgIpc) is 3.58. The highest BCUT2D eigenvalue weighted by Crippen LogP contribution is 2.78. The third kappa shape index (κ3) is 4.31. The third-order valence-corrected chi connectivity index (χ3v) is 15.7. The molecular weight excluding hydrogens is 648 g/mol. The Morgan fingerprint density at radius 1 is 0.902 bits per heavy atom. The van der Waals surface area contributed by atoms with Crippen molar-refractivity contribution >= 4 is 17.4 Å². The number of allylic oxidation sites excluding steroid dienone is 4. The molecule has 8 aliphatic rings. The van der Waals surface area contributed by atoms with Crippen LogP contribution in [0.2, 0.25) is 0 Å². The maximum absolute atomic E-state index is 14.6. The summed E-state index contributed by atoms with van der Waals surface area (Å²) in [6.07, 6.45) is 12.5. The van der Waals surface area contributed by atoms with Crippen LogP contribution in [0, 0.1) is 45.1 Å². The highest BCUT2D eigenvalue weighted by molar-refractivity contribution is 6.10. The summed E-state index contributed by atoms with van der Waals surface area (Å²) in [6.45, 7) is 6.92. The van der Waals surface area contributed by atoms with Crippen molar-refractivity contribution in [2.45, 2.75) is 88.9 Å². The number of amides is 1. The number of carbonyl (C=O) groups excluding carboxylic acids is 2. The van der Waals surface area contributed by atoms with Gasteiger partial charge >= 0.3 is 0 Å². The lowest BCUT2D eigenvalue weighted by Crippen LogP contribution is -2.67. The third-order valence-electron chi connectivity index (χ3n) is 15.7. The van der Waals surface area contributed by atoms with E-state index in [1.54, 1.807) is 0 Å². The number of ketones is 1. The number of piperidine rings is 1. The lowest BCUT2D eigenvalue weighted by Gasteiger charge is -2.71. The molecule has 6 aliphatic carbocycles. The van der Waals surface area contributed by atoms with E-state index in [0.717, 1.165) is 43.5 Å². The van der Waals surface area contributed by atoms with Crippen molar-refractivity contribution in [2.24, 2.45) is 33.5 Å². The van der Waals surface area contributed by atoms with Crippen LogP contribution in [0.5, 0.6) is 0 Å². The van der Waals surface area contributed by atoms with Crippen LogP contribution in [-0.2, 0) is 4.79 Å². The van der Waals surface area contributed by atoms with Crippen LogP contribution in [0.15, 0.2) is 72.3 Å². The van der Waals surface area contributed by atoms with Gasteiger partial charge in [-0.25, -0.2) is 8.78 Å². The van der Waals surface area contributed by atoms with Crippen LogP contribution in [0.4, 0.5) is 14.5 Å². The van der Waals surface area contributed by atoms with Gasteiger partial charge in [-0.15, -0.1) is 0 Å². The number of nitrogens with zero attached hydrogens (tertiary/aromatic N) is 2. The number of Topliss-reactive ketones (excluding diaryl/α,β-unsaturated/α-hetero) is 1. The molecule has 2 heterocycles. The second-order valence-electron chi connectivity index (χ2n) is 17.5. The van der Waals surface area contributed by atoms with E-state index in [9.17, 15) is 28.6 Å². The second kappa shape index (κ2) is 11.1. The highest BCUT2D eigenvalue weighted by Gasteiger charge is 2.74. The van der Waals surface area contributed by atoms with Gasteiger partial charge in [0.1, 0.15) is 5.54 Å². The summed E-state index contributed by atoms with van der Waals surface area (Å²) < 4.78 is 28.6. The molecule has 2 aromatic rings. The first-order valence-corrected chi connectivity index (χ1v) is 19.0. The Morgan fingerprint density at radius 3 is 2.35 bits per heavy atom. The molecule has 2 aliphatic heterocycles. The molecule has 0 aromatic heterocycles. The number of halogens is 2. The van der Waals surface area contributed by atoms with Crippen LogP contribution < -0.4 is 10.2 Å². The standard InChI is InChI=1S/C42H49F2N3O4/c1-37-13-10-29(48)23-39(37)16-17-42(30(24-39)35(49)27-8-9-31(43)32(44)22-27)33(37)11-14-38(2)34(42)12-15-41(38,51)25-46-20-18-40(19-21-46)36(50)45-26-47(40)28-6-4-3-5-7-28/h3-9,16-17,22,24,29,33-34,48,51H,10-15,18-21,23,25-26H2,1-2H3,(H,45,50)/t29?,33-,34-,37-,38+,39+,41-,42-/m1/s1. The summed E-state index contributed by atoms with van der Waals surface area (Å²) in [6, 6.07) is 13.5. The summed E-state index contributed by atoms with van der Waals surface area (Å²) in [4.78, 5) is 32.5. The zero-order chi connectivity index (χ0) is 35.6. The van der Waals surface area contributed by atoms with Gasteiger partial charge in [-0.05, 0) is 105 Å². The summed E-state index contributed by atoms with van der Waals surface area (Å²) in [5.41, 5.74) is -1.72. The van der Waals surface area contributed by atoms with Gasteiger partial charge in [-0.1, -0.05) is 50.3 Å². The van der Waals surface area contributed by atoms with Gasteiger partial charge in [0, 0.05) is 52.7 Å². The number of hydrogen-bond acceptors (Lipinski definition) is 6. The number of hydrogen-bond donors (Lipinski definition) is 3. The van der Waals surface area contributed by atoms with Crippen LogP contribution in [0.25, 0.3) is 0 Å². The molecular formula is C42H49F2N3O4. The summed E-state index contributed by atoms with van der Waals surface area (Å²) >= 11 is 0. The van der Waals surface area contributed by atoms with Crippen LogP contribution >= 0.6 is 0 Å². The smallest absolute Gasteiger partial charge is 0.247 e. The molecule has 0 radical (unpaired) electrons. The fourth-order valence-electron chi connectivity index (χ4n) is 12.9. The Balaban J connectivity index is 1.04. The average molecular weight is 698 g/mol. The van der Waals surface area contributed by atoms with E-state index in [-0.39, 0.29) is 34.5 Å². The van der Waals surface area contributed by atoms with E-state index in [4.69, 9.17) is 0 Å². The number of para-hydroxylation sites is 1. The van der Waals surface area contributed by atoms with Gasteiger partial charge < -0.3 is 25.3 Å². The van der Waals surface area contributed by atoms with Gasteiger partial charge in [0.15, 0.2) is 17.4 Å². The van der Waals surface area contributed by atoms with Crippen molar-refractivity contribution in [2.75, 3.05) is 31.2 Å². The predicted octanol–water partition coefficient (Wildman–Crippen LogP) is 6.17. The number of anilines is 1. The monoisotopic (exact) mass is 697 g/mol. The number of aliphatic hydroxyl groups excluding tert-OH is 1. The number of likely N-dealkylation sites (tertiary alicyclic amines) is 1. The minimum absolute atomic E-state index is 0.0437. The zero-order valence-electron chi connectivity index (χ0n) is 29.6. The molecule has 3 N–H and O–H groups in total. The molecule has 7 nitrogen and oxygen atoms in total. The van der Waals surface area contributed by atoms with Crippen molar-refractivity contribution in [1.82, 2.24) is 10.2 Å². The Bertz CT molecular complexity index is 1860. The molecule has 3 spiro atoms. The molecule has 10 rings (SSSR count). The Kier molecular flexibility index (Phi) is 7.25. The quantitative estimate of drug-likeness (QED) is 0.256. The minimum atomic E-state index is -1.04. The van der Waals surface area contributed by atoms with E-state index < -0.39 is 45.1 Å². The molecule has 3 saturated carbocycles. The molecule has 1 amide bonds. The predicted molar refractivity (Wildman–Crippen MR) is 190 cm³/mol. The number of benzene rings is 2. The molecule has 5 fully saturated rings. The maximum Gasteiger partial charge on any atom is 0.247 e. The SMILES string of the molecule is C[C@]12CC[C@H]3[C@]4(C=C[C@@]5(C=C4C(=O)c4ccc(F)c(F)c4)CC(O)CC[C@]35C)[C@@H]1CC[C@@]2(O)CN1CCC2(CC1)C(=O)NCN2c1ccccc1. The molecule has 9 heteroatoms. The van der Waals surface area contributed by atoms with E-state index >= 15 is 0 Å². The number of rotatable bonds is 5. The summed E-state index contributed by atoms with van der Waals surface area (Å²) in [5, 5.41) is 26.9. The lowest BCUT2D eigenvalue weighted by molar-refractivity contribution is -0.177. The number of β-amino-alcohol motifs (C(OH)–C–C–N with tert-alkyl or cyclic N) is 1. The molecule has 8 atom stereocenters. The Labute approximate surface area is 298 Å². The van der Waals surface area contributed by atoms with Crippen molar-refractivity contribution < 1.29 is 28.6 Å². The molecule has 51 heavy (non-hydrogen) atoms. The topological polar surface area (TPSA) is 93.1 Å². The fourth-order valence-corrected chi connectivity index (χ4v) is 12.9. The number of carbonyl (C=O) groups is 2. The summed E-state index contributed by atoms with van der Waals surface area (Å²) in [5.74, 6) is -2.18. The zero-order valence-corrected chi connectivity index (χ0v) is 29.6. The Morgan fingerprint density at radius 2 is 1.61 bits per heavy atom. The molecule has 270 valence electrons. The molecule has 2 saturated heterocycles. The van der Waals surface area contributed by atoms with Crippen molar-refractivity contribution in [3.63, 3.8) is 0 Å². The first-order chi connectivity index (χ1) is 24.3. The second-order valence-corrected chi connectivity index (χ2v) is 17.5. The summed E-state index contributed by atoms with van der Waals surface area (Å²) in [7, 11) is 0. The minimum Gasteiger partial charge on any atom is -0.393 e. The molecule has 2 aromatic carbocycles. The van der Waals surface area contributed by atoms with E-state index in [1.165, 1.54) is 6.07 Å². The Hall–Kier alpha value is -3.40. The fraction of sp³-hybridized carbons (Fsp3) is 0.571. The highest BCUT2D eigenvalue weighted by atomic mass is 19.2. The lowest BCUT2D eigenvalue weighted by atomic mass is 9.32. The number of aliphatic hydroxyl groups is 2. The number of nitrogens with one attached hydrogen (secondary N) is 1.